The van der Waals surface area contributed by atoms with Crippen LogP contribution in [0.1, 0.15) is 30.3 Å². The van der Waals surface area contributed by atoms with Gasteiger partial charge in [0.1, 0.15) is 12.4 Å². The third-order valence-corrected chi connectivity index (χ3v) is 5.14. The van der Waals surface area contributed by atoms with Crippen molar-refractivity contribution >= 4 is 39.7 Å². The molecule has 0 amide bonds. The highest BCUT2D eigenvalue weighted by atomic mass is 79.9. The summed E-state index contributed by atoms with van der Waals surface area (Å²) in [7, 11) is 0. The van der Waals surface area contributed by atoms with Gasteiger partial charge in [0.2, 0.25) is 4.77 Å². The highest BCUT2D eigenvalue weighted by Gasteiger charge is 2.09. The molecular weight excluding hydrogens is 448 g/mol. The molecule has 0 aliphatic heterocycles. The Hall–Kier alpha value is -1.83. The van der Waals surface area contributed by atoms with Crippen molar-refractivity contribution < 1.29 is 4.74 Å². The van der Waals surface area contributed by atoms with Crippen LogP contribution < -0.4 is 10.2 Å². The minimum absolute atomic E-state index is 0.403. The van der Waals surface area contributed by atoms with Gasteiger partial charge in [-0.2, -0.15) is 5.10 Å². The van der Waals surface area contributed by atoms with Gasteiger partial charge < -0.3 is 10.2 Å². The van der Waals surface area contributed by atoms with Gasteiger partial charge in [-0.15, -0.1) is 0 Å². The molecule has 0 bridgehead atoms. The number of nitrogens with one attached hydrogen (secondary N) is 2. The standard InChI is InChI=1S/C19H20BrClN4OS/c1-2-5-18-23-24-19(27)25(18)22-11-14-10-15(20)8-9-17(14)26-12-13-6-3-4-7-16(13)21/h3-4,6-10,22H,2,5,11-12H2,1H3,(H,24,27). The van der Waals surface area contributed by atoms with Gasteiger partial charge in [-0.3, -0.25) is 5.10 Å². The van der Waals surface area contributed by atoms with Gasteiger partial charge in [0.25, 0.3) is 0 Å². The predicted octanol–water partition coefficient (Wildman–Crippen LogP) is 5.63. The average Bonchev–Trinajstić information content (AvgIpc) is 3.00. The number of rotatable bonds is 8. The van der Waals surface area contributed by atoms with Crippen LogP contribution in [0.15, 0.2) is 46.9 Å². The van der Waals surface area contributed by atoms with Gasteiger partial charge in [-0.25, -0.2) is 4.68 Å². The second-order valence-electron chi connectivity index (χ2n) is 6.00. The van der Waals surface area contributed by atoms with Gasteiger partial charge >= 0.3 is 0 Å². The first-order valence-electron chi connectivity index (χ1n) is 8.63. The molecule has 5 nitrogen and oxygen atoms in total. The van der Waals surface area contributed by atoms with E-state index in [1.807, 2.05) is 47.1 Å². The number of nitrogens with zero attached hydrogens (tertiary/aromatic N) is 2. The summed E-state index contributed by atoms with van der Waals surface area (Å²) in [4.78, 5) is 0. The number of halogens is 2. The fourth-order valence-corrected chi connectivity index (χ4v) is 3.46. The Morgan fingerprint density at radius 1 is 1.26 bits per heavy atom. The van der Waals surface area contributed by atoms with Crippen molar-refractivity contribution in [2.45, 2.75) is 32.9 Å². The molecule has 0 atom stereocenters. The third kappa shape index (κ3) is 5.12. The van der Waals surface area contributed by atoms with Crippen LogP contribution >= 0.6 is 39.7 Å². The van der Waals surface area contributed by atoms with Crippen LogP contribution in [0.25, 0.3) is 0 Å². The molecule has 0 spiro atoms. The maximum Gasteiger partial charge on any atom is 0.214 e. The lowest BCUT2D eigenvalue weighted by Crippen LogP contribution is -2.18. The summed E-state index contributed by atoms with van der Waals surface area (Å²) < 4.78 is 9.38. The zero-order valence-electron chi connectivity index (χ0n) is 14.8. The molecule has 1 heterocycles. The molecule has 3 aromatic rings. The maximum atomic E-state index is 6.22. The number of aromatic amines is 1. The van der Waals surface area contributed by atoms with Gasteiger partial charge in [-0.05, 0) is 42.9 Å². The summed E-state index contributed by atoms with van der Waals surface area (Å²) in [5.41, 5.74) is 5.28. The van der Waals surface area contributed by atoms with Gasteiger partial charge in [0.15, 0.2) is 5.82 Å². The second-order valence-corrected chi connectivity index (χ2v) is 7.71. The highest BCUT2D eigenvalue weighted by Crippen LogP contribution is 2.25. The fourth-order valence-electron chi connectivity index (χ4n) is 2.65. The summed E-state index contributed by atoms with van der Waals surface area (Å²) in [6.07, 6.45) is 1.83. The molecule has 2 aromatic carbocycles. The van der Waals surface area contributed by atoms with Gasteiger partial charge in [0, 0.05) is 27.0 Å². The molecule has 0 aliphatic carbocycles. The fraction of sp³-hybridized carbons (Fsp3) is 0.263. The number of ether oxygens (including phenoxy) is 1. The molecule has 0 unspecified atom stereocenters. The molecule has 2 N–H and O–H groups in total. The summed E-state index contributed by atoms with van der Waals surface area (Å²) in [6, 6.07) is 13.6. The lowest BCUT2D eigenvalue weighted by Gasteiger charge is -2.15. The molecule has 1 aromatic heterocycles. The van der Waals surface area contributed by atoms with Crippen LogP contribution in [-0.2, 0) is 19.6 Å². The number of aryl methyl sites for hydroxylation is 1. The minimum atomic E-state index is 0.403. The first-order chi connectivity index (χ1) is 13.1. The largest absolute Gasteiger partial charge is 0.488 e. The van der Waals surface area contributed by atoms with Crippen LogP contribution in [0.3, 0.4) is 0 Å². The van der Waals surface area contributed by atoms with Crippen LogP contribution in [-0.4, -0.2) is 14.9 Å². The smallest absolute Gasteiger partial charge is 0.214 e. The molecule has 0 fully saturated rings. The number of hydrogen-bond acceptors (Lipinski definition) is 4. The molecule has 0 saturated heterocycles. The van der Waals surface area contributed by atoms with Crippen molar-refractivity contribution in [2.24, 2.45) is 0 Å². The van der Waals surface area contributed by atoms with E-state index in [2.05, 4.69) is 38.5 Å². The molecule has 142 valence electrons. The first kappa shape index (κ1) is 19.9. The summed E-state index contributed by atoms with van der Waals surface area (Å²) in [5.74, 6) is 1.67. The van der Waals surface area contributed by atoms with Crippen LogP contribution in [0.4, 0.5) is 0 Å². The van der Waals surface area contributed by atoms with E-state index < -0.39 is 0 Å². The number of H-pyrrole nitrogens is 1. The Morgan fingerprint density at radius 3 is 2.85 bits per heavy atom. The summed E-state index contributed by atoms with van der Waals surface area (Å²) in [6.45, 7) is 3.05. The Balaban J connectivity index is 1.76. The Kier molecular flexibility index (Phi) is 6.93. The topological polar surface area (TPSA) is 54.9 Å². The third-order valence-electron chi connectivity index (χ3n) is 4.01. The SMILES string of the molecule is CCCc1n[nH]c(=S)n1NCc1cc(Br)ccc1OCc1ccccc1Cl. The van der Waals surface area contributed by atoms with E-state index in [9.17, 15) is 0 Å². The maximum absolute atomic E-state index is 6.22. The van der Waals surface area contributed by atoms with E-state index in [4.69, 9.17) is 28.6 Å². The predicted molar refractivity (Wildman–Crippen MR) is 114 cm³/mol. The van der Waals surface area contributed by atoms with Crippen LogP contribution in [0.5, 0.6) is 5.75 Å². The number of aromatic nitrogens is 3. The molecule has 0 saturated carbocycles. The van der Waals surface area contributed by atoms with Crippen LogP contribution in [0, 0.1) is 4.77 Å². The zero-order valence-corrected chi connectivity index (χ0v) is 18.0. The van der Waals surface area contributed by atoms with Crippen molar-refractivity contribution in [2.75, 3.05) is 5.43 Å². The number of hydrogen-bond donors (Lipinski definition) is 2. The molecule has 0 radical (unpaired) electrons. The van der Waals surface area contributed by atoms with E-state index >= 15 is 0 Å². The van der Waals surface area contributed by atoms with Crippen LogP contribution in [0.2, 0.25) is 5.02 Å². The van der Waals surface area contributed by atoms with E-state index in [0.717, 1.165) is 40.0 Å². The monoisotopic (exact) mass is 466 g/mol. The molecular formula is C19H20BrClN4OS. The van der Waals surface area contributed by atoms with Gasteiger partial charge in [-0.1, -0.05) is 52.7 Å². The van der Waals surface area contributed by atoms with Crippen molar-refractivity contribution in [3.63, 3.8) is 0 Å². The average molecular weight is 468 g/mol. The van der Waals surface area contributed by atoms with Crippen molar-refractivity contribution in [1.29, 1.82) is 0 Å². The van der Waals surface area contributed by atoms with E-state index in [1.165, 1.54) is 0 Å². The van der Waals surface area contributed by atoms with Crippen molar-refractivity contribution in [1.82, 2.24) is 14.9 Å². The highest BCUT2D eigenvalue weighted by molar-refractivity contribution is 9.10. The first-order valence-corrected chi connectivity index (χ1v) is 10.2. The normalized spacial score (nSPS) is 10.8. The molecule has 8 heteroatoms. The Morgan fingerprint density at radius 2 is 2.07 bits per heavy atom. The molecule has 27 heavy (non-hydrogen) atoms. The Bertz CT molecular complexity index is 972. The van der Waals surface area contributed by atoms with Crippen molar-refractivity contribution in [3.05, 3.63) is 73.7 Å². The summed E-state index contributed by atoms with van der Waals surface area (Å²) >= 11 is 15.1. The quantitative estimate of drug-likeness (QED) is 0.421. The lowest BCUT2D eigenvalue weighted by atomic mass is 10.2. The zero-order chi connectivity index (χ0) is 19.2. The van der Waals surface area contributed by atoms with Crippen molar-refractivity contribution in [3.8, 4) is 5.75 Å². The summed E-state index contributed by atoms with van der Waals surface area (Å²) in [5, 5.41) is 7.80. The van der Waals surface area contributed by atoms with Gasteiger partial charge in [0.05, 0.1) is 6.54 Å². The lowest BCUT2D eigenvalue weighted by molar-refractivity contribution is 0.303. The van der Waals surface area contributed by atoms with E-state index in [-0.39, 0.29) is 0 Å². The second kappa shape index (κ2) is 9.39. The van der Waals surface area contributed by atoms with E-state index in [0.29, 0.717) is 22.9 Å². The molecule has 3 rings (SSSR count). The number of benzene rings is 2. The minimum Gasteiger partial charge on any atom is -0.488 e. The molecule has 0 aliphatic rings. The van der Waals surface area contributed by atoms with E-state index in [1.54, 1.807) is 0 Å². The Labute approximate surface area is 176 Å².